The molecule has 1 N–H and O–H groups in total. The maximum atomic E-state index is 11.9. The summed E-state index contributed by atoms with van der Waals surface area (Å²) >= 11 is 0. The second-order valence-electron chi connectivity index (χ2n) is 3.06. The van der Waals surface area contributed by atoms with Crippen molar-refractivity contribution in [3.05, 3.63) is 36.7 Å². The van der Waals surface area contributed by atoms with Crippen LogP contribution in [0.2, 0.25) is 0 Å². The molecule has 1 heterocycles. The Morgan fingerprint density at radius 2 is 1.71 bits per heavy atom. The first kappa shape index (κ1) is 13.4. The summed E-state index contributed by atoms with van der Waals surface area (Å²) in [6.07, 6.45) is -1.42. The standard InChI is InChI=1S/C10H7F3N2O.ClH/c11-10(12,13)16-9-3-1-7(2-4-9)8-5-14-15-6-8;/h1-6H,(H,14,15);1H. The van der Waals surface area contributed by atoms with Gasteiger partial charge in [-0.3, -0.25) is 5.10 Å². The number of nitrogens with one attached hydrogen (secondary N) is 1. The number of hydrogen-bond acceptors (Lipinski definition) is 2. The van der Waals surface area contributed by atoms with Gasteiger partial charge in [0.2, 0.25) is 0 Å². The molecule has 0 amide bonds. The van der Waals surface area contributed by atoms with E-state index in [1.807, 2.05) is 0 Å². The minimum atomic E-state index is -4.66. The normalized spacial score (nSPS) is 10.8. The maximum absolute atomic E-state index is 11.9. The predicted octanol–water partition coefficient (Wildman–Crippen LogP) is 3.40. The van der Waals surface area contributed by atoms with Crippen LogP contribution in [0, 0.1) is 0 Å². The Hall–Kier alpha value is -1.69. The molecule has 2 rings (SSSR count). The zero-order chi connectivity index (χ0) is 11.6. The monoisotopic (exact) mass is 264 g/mol. The zero-order valence-corrected chi connectivity index (χ0v) is 9.18. The molecule has 0 aliphatic rings. The molecule has 0 aliphatic carbocycles. The minimum Gasteiger partial charge on any atom is -0.406 e. The fourth-order valence-electron chi connectivity index (χ4n) is 1.26. The van der Waals surface area contributed by atoms with E-state index in [9.17, 15) is 13.2 Å². The van der Waals surface area contributed by atoms with Crippen LogP contribution in [0.1, 0.15) is 0 Å². The van der Waals surface area contributed by atoms with E-state index < -0.39 is 6.36 Å². The minimum absolute atomic E-state index is 0. The van der Waals surface area contributed by atoms with E-state index in [4.69, 9.17) is 0 Å². The molecular weight excluding hydrogens is 257 g/mol. The topological polar surface area (TPSA) is 37.9 Å². The van der Waals surface area contributed by atoms with Crippen LogP contribution < -0.4 is 4.74 Å². The van der Waals surface area contributed by atoms with Gasteiger partial charge in [0, 0.05) is 11.8 Å². The van der Waals surface area contributed by atoms with Crippen molar-refractivity contribution in [2.45, 2.75) is 6.36 Å². The lowest BCUT2D eigenvalue weighted by Gasteiger charge is -2.08. The van der Waals surface area contributed by atoms with Crippen LogP contribution in [0.4, 0.5) is 13.2 Å². The van der Waals surface area contributed by atoms with Crippen LogP contribution in [0.25, 0.3) is 11.1 Å². The molecule has 0 aliphatic heterocycles. The van der Waals surface area contributed by atoms with Crippen molar-refractivity contribution in [2.24, 2.45) is 0 Å². The molecule has 2 aromatic rings. The van der Waals surface area contributed by atoms with Crippen LogP contribution in [-0.2, 0) is 0 Å². The van der Waals surface area contributed by atoms with Crippen molar-refractivity contribution in [3.63, 3.8) is 0 Å². The van der Waals surface area contributed by atoms with Gasteiger partial charge in [0.25, 0.3) is 0 Å². The van der Waals surface area contributed by atoms with Gasteiger partial charge in [0.05, 0.1) is 6.20 Å². The second-order valence-corrected chi connectivity index (χ2v) is 3.06. The van der Waals surface area contributed by atoms with E-state index in [2.05, 4.69) is 14.9 Å². The fraction of sp³-hybridized carbons (Fsp3) is 0.100. The van der Waals surface area contributed by atoms with E-state index >= 15 is 0 Å². The van der Waals surface area contributed by atoms with Crippen molar-refractivity contribution in [3.8, 4) is 16.9 Å². The molecule has 0 bridgehead atoms. The van der Waals surface area contributed by atoms with E-state index in [0.717, 1.165) is 11.1 Å². The van der Waals surface area contributed by atoms with Gasteiger partial charge in [0.1, 0.15) is 5.75 Å². The number of aromatic nitrogens is 2. The largest absolute Gasteiger partial charge is 0.573 e. The summed E-state index contributed by atoms with van der Waals surface area (Å²) in [5.74, 6) is -0.236. The summed E-state index contributed by atoms with van der Waals surface area (Å²) in [6.45, 7) is 0. The molecule has 3 nitrogen and oxygen atoms in total. The Morgan fingerprint density at radius 1 is 1.06 bits per heavy atom. The molecule has 7 heteroatoms. The summed E-state index contributed by atoms with van der Waals surface area (Å²) in [6, 6.07) is 5.59. The Morgan fingerprint density at radius 3 is 2.18 bits per heavy atom. The molecule has 0 fully saturated rings. The highest BCUT2D eigenvalue weighted by Gasteiger charge is 2.30. The Labute approximate surface area is 101 Å². The summed E-state index contributed by atoms with van der Waals surface area (Å²) in [5.41, 5.74) is 1.57. The number of ether oxygens (including phenoxy) is 1. The SMILES string of the molecule is Cl.FC(F)(F)Oc1ccc(-c2cn[nH]c2)cc1. The number of aromatic amines is 1. The summed E-state index contributed by atoms with van der Waals surface area (Å²) in [4.78, 5) is 0. The van der Waals surface area contributed by atoms with Crippen molar-refractivity contribution < 1.29 is 17.9 Å². The van der Waals surface area contributed by atoms with E-state index in [1.165, 1.54) is 24.3 Å². The summed E-state index contributed by atoms with van der Waals surface area (Å²) < 4.78 is 39.4. The Kier molecular flexibility index (Phi) is 4.01. The van der Waals surface area contributed by atoms with Crippen molar-refractivity contribution in [2.75, 3.05) is 0 Å². The number of nitrogens with zero attached hydrogens (tertiary/aromatic N) is 1. The third kappa shape index (κ3) is 3.67. The molecule has 0 unspecified atom stereocenters. The lowest BCUT2D eigenvalue weighted by Crippen LogP contribution is -2.16. The Balaban J connectivity index is 0.00000144. The van der Waals surface area contributed by atoms with Crippen LogP contribution in [0.3, 0.4) is 0 Å². The molecule has 0 saturated carbocycles. The molecule has 17 heavy (non-hydrogen) atoms. The van der Waals surface area contributed by atoms with Crippen LogP contribution in [-0.4, -0.2) is 16.6 Å². The molecule has 1 aromatic heterocycles. The smallest absolute Gasteiger partial charge is 0.406 e. The van der Waals surface area contributed by atoms with E-state index in [0.29, 0.717) is 0 Å². The molecule has 0 atom stereocenters. The zero-order valence-electron chi connectivity index (χ0n) is 8.36. The van der Waals surface area contributed by atoms with Crippen LogP contribution in [0.15, 0.2) is 36.7 Å². The first-order chi connectivity index (χ1) is 7.54. The third-order valence-corrected chi connectivity index (χ3v) is 1.92. The van der Waals surface area contributed by atoms with Gasteiger partial charge < -0.3 is 4.74 Å². The van der Waals surface area contributed by atoms with Gasteiger partial charge in [0.15, 0.2) is 0 Å². The first-order valence-corrected chi connectivity index (χ1v) is 4.39. The predicted molar refractivity (Wildman–Crippen MR) is 58.0 cm³/mol. The number of benzene rings is 1. The number of hydrogen-bond donors (Lipinski definition) is 1. The van der Waals surface area contributed by atoms with Gasteiger partial charge in [-0.15, -0.1) is 25.6 Å². The van der Waals surface area contributed by atoms with Gasteiger partial charge in [-0.1, -0.05) is 12.1 Å². The lowest BCUT2D eigenvalue weighted by molar-refractivity contribution is -0.274. The highest BCUT2D eigenvalue weighted by Crippen LogP contribution is 2.25. The van der Waals surface area contributed by atoms with Gasteiger partial charge in [-0.05, 0) is 17.7 Å². The van der Waals surface area contributed by atoms with Crippen molar-refractivity contribution in [1.29, 1.82) is 0 Å². The third-order valence-electron chi connectivity index (χ3n) is 1.92. The molecule has 1 aromatic carbocycles. The summed E-state index contributed by atoms with van der Waals surface area (Å²) in [7, 11) is 0. The summed E-state index contributed by atoms with van der Waals surface area (Å²) in [5, 5.41) is 6.36. The number of rotatable bonds is 2. The van der Waals surface area contributed by atoms with E-state index in [1.54, 1.807) is 12.4 Å². The molecule has 0 spiro atoms. The van der Waals surface area contributed by atoms with Crippen molar-refractivity contribution in [1.82, 2.24) is 10.2 Å². The molecule has 0 radical (unpaired) electrons. The number of halogens is 4. The highest BCUT2D eigenvalue weighted by atomic mass is 35.5. The average molecular weight is 265 g/mol. The van der Waals surface area contributed by atoms with Gasteiger partial charge in [-0.25, -0.2) is 0 Å². The quantitative estimate of drug-likeness (QED) is 0.903. The van der Waals surface area contributed by atoms with Gasteiger partial charge >= 0.3 is 6.36 Å². The van der Waals surface area contributed by atoms with Crippen molar-refractivity contribution >= 4 is 12.4 Å². The lowest BCUT2D eigenvalue weighted by atomic mass is 10.1. The highest BCUT2D eigenvalue weighted by molar-refractivity contribution is 5.85. The van der Waals surface area contributed by atoms with Crippen LogP contribution >= 0.6 is 12.4 Å². The van der Waals surface area contributed by atoms with Crippen LogP contribution in [0.5, 0.6) is 5.75 Å². The fourth-order valence-corrected chi connectivity index (χ4v) is 1.26. The number of H-pyrrole nitrogens is 1. The Bertz CT molecular complexity index is 453. The van der Waals surface area contributed by atoms with Gasteiger partial charge in [-0.2, -0.15) is 5.10 Å². The number of alkyl halides is 3. The maximum Gasteiger partial charge on any atom is 0.573 e. The molecular formula is C10H8ClF3N2O. The second kappa shape index (κ2) is 5.09. The molecule has 92 valence electrons. The van der Waals surface area contributed by atoms with E-state index in [-0.39, 0.29) is 18.2 Å². The first-order valence-electron chi connectivity index (χ1n) is 4.39. The average Bonchev–Trinajstić information content (AvgIpc) is 2.69. The molecule has 0 saturated heterocycles.